The molecule has 7 nitrogen and oxygen atoms in total. The maximum absolute atomic E-state index is 11.6. The zero-order chi connectivity index (χ0) is 14.4. The van der Waals surface area contributed by atoms with Crippen LogP contribution < -0.4 is 10.6 Å². The molecule has 2 atom stereocenters. The third-order valence-electron chi connectivity index (χ3n) is 3.03. The largest absolute Gasteiger partial charge is 0.481 e. The molecule has 1 saturated heterocycles. The van der Waals surface area contributed by atoms with E-state index in [9.17, 15) is 14.4 Å². The zero-order valence-electron chi connectivity index (χ0n) is 10.9. The van der Waals surface area contributed by atoms with Crippen LogP contribution in [0.4, 0.5) is 4.79 Å². The second kappa shape index (κ2) is 6.89. The average Bonchev–Trinajstić information content (AvgIpc) is 2.67. The van der Waals surface area contributed by atoms with E-state index in [1.807, 2.05) is 6.92 Å². The number of imide groups is 1. The lowest BCUT2D eigenvalue weighted by Gasteiger charge is -2.14. The highest BCUT2D eigenvalue weighted by molar-refractivity contribution is 5.95. The molecule has 1 rings (SSSR count). The molecule has 7 heteroatoms. The van der Waals surface area contributed by atoms with Crippen molar-refractivity contribution in [2.45, 2.75) is 6.92 Å². The van der Waals surface area contributed by atoms with E-state index >= 15 is 0 Å². The first-order valence-corrected chi connectivity index (χ1v) is 6.07. The van der Waals surface area contributed by atoms with E-state index in [2.05, 4.69) is 17.2 Å². The van der Waals surface area contributed by atoms with Gasteiger partial charge in [-0.25, -0.2) is 4.79 Å². The molecule has 0 spiro atoms. The van der Waals surface area contributed by atoms with Crippen LogP contribution in [-0.4, -0.2) is 54.1 Å². The number of likely N-dealkylation sites (tertiary alicyclic amines) is 1. The Labute approximate surface area is 111 Å². The number of hydrogen-bond acceptors (Lipinski definition) is 4. The van der Waals surface area contributed by atoms with Gasteiger partial charge in [0.15, 0.2) is 0 Å². The summed E-state index contributed by atoms with van der Waals surface area (Å²) in [5.74, 6) is -1.75. The molecular weight excluding hydrogens is 250 g/mol. The maximum atomic E-state index is 11.6. The van der Waals surface area contributed by atoms with Crippen molar-refractivity contribution in [3.63, 3.8) is 0 Å². The predicted molar refractivity (Wildman–Crippen MR) is 68.5 cm³/mol. The van der Waals surface area contributed by atoms with Gasteiger partial charge in [0.25, 0.3) is 0 Å². The minimum absolute atomic E-state index is 0.0000997. The second-order valence-corrected chi connectivity index (χ2v) is 4.66. The number of aliphatic carboxylic acids is 1. The van der Waals surface area contributed by atoms with E-state index in [-0.39, 0.29) is 19.0 Å². The highest BCUT2D eigenvalue weighted by Gasteiger charge is 2.35. The van der Waals surface area contributed by atoms with Crippen LogP contribution in [0.25, 0.3) is 0 Å². The summed E-state index contributed by atoms with van der Waals surface area (Å²) in [4.78, 5) is 35.5. The Bertz CT molecular complexity index is 383. The summed E-state index contributed by atoms with van der Waals surface area (Å²) in [6.07, 6.45) is 1.50. The van der Waals surface area contributed by atoms with Gasteiger partial charge >= 0.3 is 12.0 Å². The Balaban J connectivity index is 2.36. The number of hydrogen-bond donors (Lipinski definition) is 3. The van der Waals surface area contributed by atoms with Crippen molar-refractivity contribution in [2.75, 3.05) is 26.2 Å². The number of nitrogens with one attached hydrogen (secondary N) is 2. The lowest BCUT2D eigenvalue weighted by atomic mass is 9.99. The highest BCUT2D eigenvalue weighted by Crippen LogP contribution is 2.22. The number of carbonyl (C=O) groups excluding carboxylic acids is 2. The van der Waals surface area contributed by atoms with Crippen LogP contribution in [-0.2, 0) is 9.59 Å². The molecule has 19 heavy (non-hydrogen) atoms. The molecule has 0 bridgehead atoms. The molecule has 0 aromatic rings. The summed E-state index contributed by atoms with van der Waals surface area (Å²) in [6, 6.07) is -0.577. The fraction of sp³-hybridized carbons (Fsp3) is 0.583. The van der Waals surface area contributed by atoms with Crippen LogP contribution in [0.5, 0.6) is 0 Å². The zero-order valence-corrected chi connectivity index (χ0v) is 10.9. The molecule has 106 valence electrons. The third-order valence-corrected chi connectivity index (χ3v) is 3.03. The number of amides is 3. The van der Waals surface area contributed by atoms with E-state index in [1.54, 1.807) is 4.90 Å². The number of carboxylic acid groups (broad SMARTS) is 1. The van der Waals surface area contributed by atoms with Crippen LogP contribution in [0.15, 0.2) is 12.7 Å². The molecule has 1 heterocycles. The molecule has 0 saturated carbocycles. The summed E-state index contributed by atoms with van der Waals surface area (Å²) in [6.45, 7) is 6.45. The van der Waals surface area contributed by atoms with Gasteiger partial charge in [-0.15, -0.1) is 6.58 Å². The maximum Gasteiger partial charge on any atom is 0.321 e. The molecule has 0 aromatic carbocycles. The van der Waals surface area contributed by atoms with Crippen LogP contribution in [0.3, 0.4) is 0 Å². The van der Waals surface area contributed by atoms with E-state index in [1.165, 1.54) is 6.08 Å². The molecule has 1 aliphatic rings. The number of rotatable bonds is 5. The quantitative estimate of drug-likeness (QED) is 0.593. The van der Waals surface area contributed by atoms with Crippen molar-refractivity contribution in [3.05, 3.63) is 12.7 Å². The van der Waals surface area contributed by atoms with Gasteiger partial charge in [-0.3, -0.25) is 19.8 Å². The first-order valence-electron chi connectivity index (χ1n) is 6.07. The van der Waals surface area contributed by atoms with Crippen molar-refractivity contribution in [1.29, 1.82) is 0 Å². The minimum Gasteiger partial charge on any atom is -0.481 e. The van der Waals surface area contributed by atoms with Gasteiger partial charge in [0.05, 0.1) is 12.5 Å². The van der Waals surface area contributed by atoms with Crippen LogP contribution in [0.1, 0.15) is 6.92 Å². The molecular formula is C12H19N3O4. The van der Waals surface area contributed by atoms with Crippen LogP contribution in [0, 0.1) is 11.8 Å². The second-order valence-electron chi connectivity index (χ2n) is 4.66. The number of carbonyl (C=O) groups is 3. The van der Waals surface area contributed by atoms with Crippen molar-refractivity contribution in [3.8, 4) is 0 Å². The molecule has 2 unspecified atom stereocenters. The Morgan fingerprint density at radius 1 is 1.42 bits per heavy atom. The number of carboxylic acids is 1. The average molecular weight is 269 g/mol. The molecule has 1 fully saturated rings. The fourth-order valence-electron chi connectivity index (χ4n) is 2.10. The summed E-state index contributed by atoms with van der Waals surface area (Å²) < 4.78 is 0. The lowest BCUT2D eigenvalue weighted by Crippen LogP contribution is -2.44. The first-order chi connectivity index (χ1) is 8.93. The van der Waals surface area contributed by atoms with Crippen LogP contribution >= 0.6 is 0 Å². The Hall–Kier alpha value is -1.89. The standard InChI is InChI=1S/C12H19N3O4/c1-3-4-13-12(19)14-10(16)7-15-5-8(2)9(6-15)11(17)18/h3,8-9H,1,4-7H2,2H3,(H,17,18)(H2,13,14,16,19). The van der Waals surface area contributed by atoms with Crippen LogP contribution in [0.2, 0.25) is 0 Å². The first kappa shape index (κ1) is 15.2. The van der Waals surface area contributed by atoms with Crippen molar-refractivity contribution in [2.24, 2.45) is 11.8 Å². The highest BCUT2D eigenvalue weighted by atomic mass is 16.4. The van der Waals surface area contributed by atoms with Crippen molar-refractivity contribution < 1.29 is 19.5 Å². The van der Waals surface area contributed by atoms with E-state index < -0.39 is 23.8 Å². The summed E-state index contributed by atoms with van der Waals surface area (Å²) in [7, 11) is 0. The smallest absolute Gasteiger partial charge is 0.321 e. The number of urea groups is 1. The van der Waals surface area contributed by atoms with E-state index in [0.29, 0.717) is 13.1 Å². The summed E-state index contributed by atoms with van der Waals surface area (Å²) in [5.41, 5.74) is 0. The molecule has 0 aliphatic carbocycles. The minimum atomic E-state index is -0.848. The fourth-order valence-corrected chi connectivity index (χ4v) is 2.10. The Morgan fingerprint density at radius 2 is 2.11 bits per heavy atom. The van der Waals surface area contributed by atoms with Gasteiger partial charge in [-0.1, -0.05) is 13.0 Å². The van der Waals surface area contributed by atoms with E-state index in [4.69, 9.17) is 5.11 Å². The molecule has 1 aliphatic heterocycles. The van der Waals surface area contributed by atoms with Gasteiger partial charge in [-0.2, -0.15) is 0 Å². The third kappa shape index (κ3) is 4.70. The van der Waals surface area contributed by atoms with Crippen molar-refractivity contribution in [1.82, 2.24) is 15.5 Å². The monoisotopic (exact) mass is 269 g/mol. The normalized spacial score (nSPS) is 22.8. The van der Waals surface area contributed by atoms with Gasteiger partial charge in [0, 0.05) is 19.6 Å². The molecule has 3 amide bonds. The SMILES string of the molecule is C=CCNC(=O)NC(=O)CN1CC(C)C(C(=O)O)C1. The Morgan fingerprint density at radius 3 is 2.63 bits per heavy atom. The van der Waals surface area contributed by atoms with Gasteiger partial charge in [-0.05, 0) is 5.92 Å². The van der Waals surface area contributed by atoms with Crippen molar-refractivity contribution >= 4 is 17.9 Å². The lowest BCUT2D eigenvalue weighted by molar-refractivity contribution is -0.142. The molecule has 0 aromatic heterocycles. The van der Waals surface area contributed by atoms with Gasteiger partial charge < -0.3 is 10.4 Å². The molecule has 0 radical (unpaired) electrons. The summed E-state index contributed by atoms with van der Waals surface area (Å²) in [5, 5.41) is 13.6. The molecule has 3 N–H and O–H groups in total. The Kier molecular flexibility index (Phi) is 5.50. The topological polar surface area (TPSA) is 98.7 Å². The van der Waals surface area contributed by atoms with Gasteiger partial charge in [0.1, 0.15) is 0 Å². The summed E-state index contributed by atoms with van der Waals surface area (Å²) >= 11 is 0. The van der Waals surface area contributed by atoms with Gasteiger partial charge in [0.2, 0.25) is 5.91 Å². The van der Waals surface area contributed by atoms with E-state index in [0.717, 1.165) is 0 Å². The number of nitrogens with zero attached hydrogens (tertiary/aromatic N) is 1. The predicted octanol–water partition coefficient (Wildman–Crippen LogP) is -0.349.